The molecule has 0 aromatic carbocycles. The summed E-state index contributed by atoms with van der Waals surface area (Å²) in [4.78, 5) is 16.9. The summed E-state index contributed by atoms with van der Waals surface area (Å²) < 4.78 is 32.3. The summed E-state index contributed by atoms with van der Waals surface area (Å²) >= 11 is 0. The molecule has 0 spiro atoms. The van der Waals surface area contributed by atoms with Gasteiger partial charge in [-0.25, -0.2) is 13.2 Å². The molecule has 158 valence electrons. The molecule has 0 aliphatic rings. The van der Waals surface area contributed by atoms with E-state index in [0.29, 0.717) is 11.1 Å². The highest BCUT2D eigenvalue weighted by atomic mass is 32.3. The Hall–Kier alpha value is -0.700. The highest BCUT2D eigenvalue weighted by Crippen LogP contribution is 2.11. The second-order valence-corrected chi connectivity index (χ2v) is 7.80. The highest BCUT2D eigenvalue weighted by molar-refractivity contribution is 7.80. The van der Waals surface area contributed by atoms with Crippen LogP contribution in [0.4, 0.5) is 0 Å². The maximum atomic E-state index is 11.6. The van der Waals surface area contributed by atoms with Crippen molar-refractivity contribution in [2.24, 2.45) is 0 Å². The first-order valence-electron chi connectivity index (χ1n) is 9.73. The molecule has 0 saturated heterocycles. The fourth-order valence-corrected chi connectivity index (χ4v) is 2.40. The molecule has 8 heteroatoms. The van der Waals surface area contributed by atoms with Gasteiger partial charge in [0.05, 0.1) is 13.0 Å². The van der Waals surface area contributed by atoms with Crippen LogP contribution in [0.5, 0.6) is 0 Å². The zero-order chi connectivity index (χ0) is 20.5. The summed E-state index contributed by atoms with van der Waals surface area (Å²) in [5.41, 5.74) is 0. The van der Waals surface area contributed by atoms with E-state index in [2.05, 4.69) is 11.1 Å². The predicted octanol–water partition coefficient (Wildman–Crippen LogP) is 3.94. The van der Waals surface area contributed by atoms with Crippen LogP contribution < -0.4 is 0 Å². The molecule has 0 amide bonds. The van der Waals surface area contributed by atoms with Crippen LogP contribution in [0.25, 0.3) is 0 Å². The molecule has 0 fully saturated rings. The molecule has 0 bridgehead atoms. The zero-order valence-electron chi connectivity index (χ0n) is 17.3. The number of carbonyl (C=O) groups is 1. The van der Waals surface area contributed by atoms with Gasteiger partial charge in [0.2, 0.25) is 10.4 Å². The summed E-state index contributed by atoms with van der Waals surface area (Å²) in [6.07, 6.45) is 12.1. The van der Waals surface area contributed by atoms with Gasteiger partial charge in [0.25, 0.3) is 0 Å². The smallest absolute Gasteiger partial charge is 0.366 e. The maximum absolute atomic E-state index is 11.6. The monoisotopic (exact) mass is 397 g/mol. The summed E-state index contributed by atoms with van der Waals surface area (Å²) in [6, 6.07) is 0. The largest absolute Gasteiger partial charge is 0.726 e. The molecule has 0 aliphatic carbocycles. The van der Waals surface area contributed by atoms with Crippen LogP contribution >= 0.6 is 0 Å². The van der Waals surface area contributed by atoms with E-state index in [1.165, 1.54) is 51.9 Å². The molecular weight excluding hydrogens is 358 g/mol. The fourth-order valence-electron chi connectivity index (χ4n) is 2.11. The minimum absolute atomic E-state index is 0.0604. The molecule has 26 heavy (non-hydrogen) atoms. The summed E-state index contributed by atoms with van der Waals surface area (Å²) in [5, 5.41) is 0. The number of rotatable bonds is 14. The molecule has 0 N–H and O–H groups in total. The van der Waals surface area contributed by atoms with Gasteiger partial charge >= 0.3 is 5.97 Å². The van der Waals surface area contributed by atoms with Crippen molar-refractivity contribution in [1.29, 1.82) is 0 Å². The molecule has 0 aromatic rings. The average Bonchev–Trinajstić information content (AvgIpc) is 2.52. The number of quaternary nitrogens is 1. The molecule has 0 radical (unpaired) electrons. The Kier molecular flexibility index (Phi) is 17.4. The van der Waals surface area contributed by atoms with E-state index in [1.807, 2.05) is 21.0 Å². The lowest BCUT2D eigenvalue weighted by Gasteiger charge is -2.24. The van der Waals surface area contributed by atoms with Crippen LogP contribution in [-0.4, -0.2) is 50.8 Å². The topological polar surface area (TPSA) is 92.7 Å². The SMILES string of the molecule is CCCCCCCCCCCC(=O)O[N+](C)(C)CC.CCOS(=O)(=O)[O-]. The molecule has 0 rings (SSSR count). The Morgan fingerprint density at radius 3 is 1.69 bits per heavy atom. The van der Waals surface area contributed by atoms with Crippen molar-refractivity contribution in [3.63, 3.8) is 0 Å². The van der Waals surface area contributed by atoms with Gasteiger partial charge in [-0.1, -0.05) is 58.3 Å². The Morgan fingerprint density at radius 2 is 1.35 bits per heavy atom. The number of hydrogen-bond acceptors (Lipinski definition) is 6. The third kappa shape index (κ3) is 23.3. The molecule has 0 aromatic heterocycles. The van der Waals surface area contributed by atoms with Gasteiger partial charge < -0.3 is 4.55 Å². The predicted molar refractivity (Wildman–Crippen MR) is 102 cm³/mol. The number of nitrogens with zero attached hydrogens (tertiary/aromatic N) is 1. The van der Waals surface area contributed by atoms with E-state index in [-0.39, 0.29) is 12.6 Å². The van der Waals surface area contributed by atoms with Gasteiger partial charge in [0.1, 0.15) is 20.6 Å². The summed E-state index contributed by atoms with van der Waals surface area (Å²) in [5.74, 6) is -0.0604. The average molecular weight is 398 g/mol. The second-order valence-electron chi connectivity index (χ2n) is 6.75. The highest BCUT2D eigenvalue weighted by Gasteiger charge is 2.18. The Bertz CT molecular complexity index is 437. The van der Waals surface area contributed by atoms with Gasteiger partial charge in [0, 0.05) is 0 Å². The number of unbranched alkanes of at least 4 members (excludes halogenated alkanes) is 8. The Balaban J connectivity index is 0. The zero-order valence-corrected chi connectivity index (χ0v) is 18.1. The minimum Gasteiger partial charge on any atom is -0.726 e. The Morgan fingerprint density at radius 1 is 0.885 bits per heavy atom. The van der Waals surface area contributed by atoms with E-state index in [0.717, 1.165) is 19.4 Å². The van der Waals surface area contributed by atoms with Crippen molar-refractivity contribution < 1.29 is 31.4 Å². The molecule has 7 nitrogen and oxygen atoms in total. The standard InChI is InChI=1S/C16H34NO2.C2H6O4S/c1-5-7-8-9-10-11-12-13-14-15-16(18)19-17(3,4)6-2;1-2-6-7(3,4)5/h5-15H2,1-4H3;2H2,1H3,(H,3,4,5)/q+1;/p-1. The molecule has 0 unspecified atom stereocenters. The number of carbonyl (C=O) groups excluding carboxylic acids is 1. The number of hydrogen-bond donors (Lipinski definition) is 0. The first kappa shape index (κ1) is 27.5. The second kappa shape index (κ2) is 16.5. The third-order valence-corrected chi connectivity index (χ3v) is 4.38. The quantitative estimate of drug-likeness (QED) is 0.145. The van der Waals surface area contributed by atoms with Crippen molar-refractivity contribution in [2.45, 2.75) is 85.0 Å². The van der Waals surface area contributed by atoms with Gasteiger partial charge in [-0.15, -0.1) is 4.65 Å². The van der Waals surface area contributed by atoms with Crippen LogP contribution in [0.2, 0.25) is 0 Å². The van der Waals surface area contributed by atoms with Crippen LogP contribution in [0.15, 0.2) is 0 Å². The van der Waals surface area contributed by atoms with Crippen LogP contribution in [0.3, 0.4) is 0 Å². The fraction of sp³-hybridized carbons (Fsp3) is 0.944. The van der Waals surface area contributed by atoms with E-state index in [1.54, 1.807) is 0 Å². The van der Waals surface area contributed by atoms with Crippen molar-refractivity contribution in [3.05, 3.63) is 0 Å². The molecule has 0 saturated carbocycles. The van der Waals surface area contributed by atoms with Crippen molar-refractivity contribution in [2.75, 3.05) is 27.2 Å². The van der Waals surface area contributed by atoms with Crippen LogP contribution in [0.1, 0.15) is 85.0 Å². The summed E-state index contributed by atoms with van der Waals surface area (Å²) in [7, 11) is -0.602. The lowest BCUT2D eigenvalue weighted by molar-refractivity contribution is -1.06. The van der Waals surface area contributed by atoms with Gasteiger partial charge in [-0.3, -0.25) is 9.02 Å². The van der Waals surface area contributed by atoms with E-state index < -0.39 is 10.4 Å². The molecule has 0 heterocycles. The van der Waals surface area contributed by atoms with Gasteiger partial charge in [-0.2, -0.15) is 0 Å². The first-order valence-corrected chi connectivity index (χ1v) is 11.1. The van der Waals surface area contributed by atoms with E-state index in [4.69, 9.17) is 4.84 Å². The van der Waals surface area contributed by atoms with E-state index in [9.17, 15) is 17.8 Å². The molecular formula is C18H39NO6S. The lowest BCUT2D eigenvalue weighted by atomic mass is 10.1. The van der Waals surface area contributed by atoms with Gasteiger partial charge in [-0.05, 0) is 20.3 Å². The molecule has 0 aliphatic heterocycles. The maximum Gasteiger partial charge on any atom is 0.366 e. The third-order valence-electron chi connectivity index (χ3n) is 3.86. The van der Waals surface area contributed by atoms with E-state index >= 15 is 0 Å². The summed E-state index contributed by atoms with van der Waals surface area (Å²) in [6.45, 7) is 6.41. The minimum atomic E-state index is -4.42. The van der Waals surface area contributed by atoms with Crippen molar-refractivity contribution in [3.8, 4) is 0 Å². The molecule has 0 atom stereocenters. The van der Waals surface area contributed by atoms with Crippen LogP contribution in [-0.2, 0) is 24.2 Å². The Labute approximate surface area is 160 Å². The number of hydroxylamine groups is 3. The first-order chi connectivity index (χ1) is 12.1. The van der Waals surface area contributed by atoms with Gasteiger partial charge in [0.15, 0.2) is 0 Å². The van der Waals surface area contributed by atoms with Crippen molar-refractivity contribution >= 4 is 16.4 Å². The lowest BCUT2D eigenvalue weighted by Crippen LogP contribution is -2.41. The van der Waals surface area contributed by atoms with Crippen molar-refractivity contribution in [1.82, 2.24) is 0 Å². The normalized spacial score (nSPS) is 11.6. The van der Waals surface area contributed by atoms with Crippen LogP contribution in [0, 0.1) is 0 Å².